The molecule has 0 aliphatic carbocycles. The minimum Gasteiger partial charge on any atom is -0.435 e. The highest BCUT2D eigenvalue weighted by Gasteiger charge is 2.27. The van der Waals surface area contributed by atoms with Crippen molar-refractivity contribution in [1.29, 1.82) is 0 Å². The van der Waals surface area contributed by atoms with Crippen LogP contribution in [0.5, 0.6) is 5.75 Å². The van der Waals surface area contributed by atoms with E-state index in [2.05, 4.69) is 4.74 Å². The third-order valence-electron chi connectivity index (χ3n) is 3.54. The summed E-state index contributed by atoms with van der Waals surface area (Å²) < 4.78 is 28.6. The number of fused-ring (bicyclic) bond motifs is 1. The minimum absolute atomic E-state index is 0. The molecule has 1 unspecified atom stereocenters. The van der Waals surface area contributed by atoms with Crippen LogP contribution < -0.4 is 4.74 Å². The van der Waals surface area contributed by atoms with Gasteiger partial charge in [0.2, 0.25) is 0 Å². The van der Waals surface area contributed by atoms with Crippen LogP contribution in [0.2, 0.25) is 0 Å². The van der Waals surface area contributed by atoms with E-state index in [1.807, 2.05) is 18.7 Å². The highest BCUT2D eigenvalue weighted by Crippen LogP contribution is 2.26. The fourth-order valence-corrected chi connectivity index (χ4v) is 2.30. The number of amides is 1. The van der Waals surface area contributed by atoms with Crippen molar-refractivity contribution in [2.45, 2.75) is 46.8 Å². The Kier molecular flexibility index (Phi) is 7.26. The molecule has 0 aromatic heterocycles. The molecule has 1 aromatic carbocycles. The SMILES string of the molecule is C.CCC(C)N1CCc2cc(OC(F)F)ccc2C1=O.F. The van der Waals surface area contributed by atoms with E-state index < -0.39 is 6.61 Å². The Morgan fingerprint density at radius 3 is 2.62 bits per heavy atom. The van der Waals surface area contributed by atoms with Gasteiger partial charge in [0.15, 0.2) is 0 Å². The summed E-state index contributed by atoms with van der Waals surface area (Å²) >= 11 is 0. The second-order valence-corrected chi connectivity index (χ2v) is 4.70. The predicted octanol–water partition coefficient (Wildman–Crippen LogP) is 3.87. The molecular formula is C15H22F3NO2. The van der Waals surface area contributed by atoms with Crippen LogP contribution in [0.4, 0.5) is 13.5 Å². The van der Waals surface area contributed by atoms with Crippen molar-refractivity contribution >= 4 is 5.91 Å². The Morgan fingerprint density at radius 2 is 2.05 bits per heavy atom. The fourth-order valence-electron chi connectivity index (χ4n) is 2.30. The maximum absolute atomic E-state index is 12.3. The van der Waals surface area contributed by atoms with Crippen molar-refractivity contribution in [2.75, 3.05) is 6.54 Å². The fraction of sp³-hybridized carbons (Fsp3) is 0.533. The van der Waals surface area contributed by atoms with Gasteiger partial charge in [0, 0.05) is 18.2 Å². The first-order chi connectivity index (χ1) is 9.02. The zero-order valence-corrected chi connectivity index (χ0v) is 11.4. The van der Waals surface area contributed by atoms with E-state index in [1.165, 1.54) is 12.1 Å². The molecule has 1 aliphatic rings. The average Bonchev–Trinajstić information content (AvgIpc) is 2.37. The molecule has 0 spiro atoms. The molecule has 1 amide bonds. The minimum atomic E-state index is -2.84. The lowest BCUT2D eigenvalue weighted by Gasteiger charge is -2.33. The summed E-state index contributed by atoms with van der Waals surface area (Å²) in [4.78, 5) is 14.1. The quantitative estimate of drug-likeness (QED) is 0.845. The maximum atomic E-state index is 12.3. The van der Waals surface area contributed by atoms with Crippen molar-refractivity contribution in [3.8, 4) is 5.75 Å². The van der Waals surface area contributed by atoms with Crippen LogP contribution in [0.3, 0.4) is 0 Å². The van der Waals surface area contributed by atoms with E-state index in [1.54, 1.807) is 6.07 Å². The van der Waals surface area contributed by atoms with Crippen LogP contribution in [0.25, 0.3) is 0 Å². The normalized spacial score (nSPS) is 14.9. The molecular weight excluding hydrogens is 283 g/mol. The van der Waals surface area contributed by atoms with Crippen molar-refractivity contribution < 1.29 is 23.0 Å². The largest absolute Gasteiger partial charge is 0.435 e. The van der Waals surface area contributed by atoms with Crippen LogP contribution in [0.1, 0.15) is 43.6 Å². The average molecular weight is 305 g/mol. The molecule has 0 bridgehead atoms. The van der Waals surface area contributed by atoms with Gasteiger partial charge in [-0.1, -0.05) is 14.4 Å². The molecule has 1 aromatic rings. The predicted molar refractivity (Wildman–Crippen MR) is 76.8 cm³/mol. The van der Waals surface area contributed by atoms with Crippen LogP contribution >= 0.6 is 0 Å². The van der Waals surface area contributed by atoms with Crippen molar-refractivity contribution in [3.63, 3.8) is 0 Å². The summed E-state index contributed by atoms with van der Waals surface area (Å²) in [6.07, 6.45) is 1.57. The van der Waals surface area contributed by atoms with Crippen molar-refractivity contribution in [2.24, 2.45) is 0 Å². The lowest BCUT2D eigenvalue weighted by Crippen LogP contribution is -2.43. The second-order valence-electron chi connectivity index (χ2n) is 4.70. The first kappa shape index (κ1) is 19.3. The molecule has 0 radical (unpaired) electrons. The molecule has 3 nitrogen and oxygen atoms in total. The Bertz CT molecular complexity index is 480. The zero-order chi connectivity index (χ0) is 14.0. The van der Waals surface area contributed by atoms with Crippen LogP contribution in [-0.4, -0.2) is 30.0 Å². The van der Waals surface area contributed by atoms with E-state index in [-0.39, 0.29) is 29.8 Å². The van der Waals surface area contributed by atoms with Crippen molar-refractivity contribution in [1.82, 2.24) is 4.90 Å². The van der Waals surface area contributed by atoms with Gasteiger partial charge < -0.3 is 9.64 Å². The molecule has 6 heteroatoms. The number of carbonyl (C=O) groups is 1. The van der Waals surface area contributed by atoms with Crippen LogP contribution in [-0.2, 0) is 6.42 Å². The number of ether oxygens (including phenoxy) is 1. The van der Waals surface area contributed by atoms with Gasteiger partial charge in [-0.3, -0.25) is 9.50 Å². The highest BCUT2D eigenvalue weighted by molar-refractivity contribution is 5.97. The van der Waals surface area contributed by atoms with Gasteiger partial charge in [-0.2, -0.15) is 8.78 Å². The number of alkyl halides is 2. The first-order valence-corrected chi connectivity index (χ1v) is 6.41. The summed E-state index contributed by atoms with van der Waals surface area (Å²) in [5.74, 6) is 0.0812. The first-order valence-electron chi connectivity index (χ1n) is 6.41. The van der Waals surface area contributed by atoms with E-state index in [0.29, 0.717) is 18.5 Å². The maximum Gasteiger partial charge on any atom is 0.387 e. The van der Waals surface area contributed by atoms with Gasteiger partial charge in [-0.25, -0.2) is 0 Å². The molecule has 120 valence electrons. The molecule has 2 rings (SSSR count). The van der Waals surface area contributed by atoms with Crippen molar-refractivity contribution in [3.05, 3.63) is 29.3 Å². The molecule has 0 saturated carbocycles. The summed E-state index contributed by atoms with van der Waals surface area (Å²) in [6.45, 7) is 1.83. The smallest absolute Gasteiger partial charge is 0.387 e. The monoisotopic (exact) mass is 305 g/mol. The summed E-state index contributed by atoms with van der Waals surface area (Å²) in [7, 11) is 0. The van der Waals surface area contributed by atoms with Gasteiger partial charge in [-0.05, 0) is 43.5 Å². The Hall–Kier alpha value is -1.72. The molecule has 0 saturated heterocycles. The van der Waals surface area contributed by atoms with Gasteiger partial charge in [-0.15, -0.1) is 0 Å². The topological polar surface area (TPSA) is 29.5 Å². The molecule has 21 heavy (non-hydrogen) atoms. The molecule has 1 aliphatic heterocycles. The van der Waals surface area contributed by atoms with Gasteiger partial charge >= 0.3 is 6.61 Å². The summed E-state index contributed by atoms with van der Waals surface area (Å²) in [5.41, 5.74) is 1.37. The molecule has 1 atom stereocenters. The van der Waals surface area contributed by atoms with Crippen LogP contribution in [0, 0.1) is 0 Å². The van der Waals surface area contributed by atoms with E-state index in [0.717, 1.165) is 12.0 Å². The lowest BCUT2D eigenvalue weighted by atomic mass is 9.97. The molecule has 0 fully saturated rings. The number of hydrogen-bond acceptors (Lipinski definition) is 2. The number of rotatable bonds is 4. The van der Waals surface area contributed by atoms with E-state index >= 15 is 0 Å². The Morgan fingerprint density at radius 1 is 1.38 bits per heavy atom. The lowest BCUT2D eigenvalue weighted by molar-refractivity contribution is -0.0498. The van der Waals surface area contributed by atoms with E-state index in [9.17, 15) is 13.6 Å². The summed E-state index contributed by atoms with van der Waals surface area (Å²) in [5, 5.41) is 0. The third kappa shape index (κ3) is 4.12. The molecule has 0 N–H and O–H groups in total. The number of halogens is 3. The van der Waals surface area contributed by atoms with Gasteiger partial charge in [0.1, 0.15) is 5.75 Å². The Balaban J connectivity index is 0.00000200. The Labute approximate surface area is 123 Å². The van der Waals surface area contributed by atoms with Gasteiger partial charge in [0.25, 0.3) is 5.91 Å². The number of carbonyl (C=O) groups excluding carboxylic acids is 1. The second kappa shape index (κ2) is 7.90. The zero-order valence-electron chi connectivity index (χ0n) is 11.4. The number of nitrogens with zero attached hydrogens (tertiary/aromatic N) is 1. The standard InChI is InChI=1S/C14H17F2NO2.CH4.FH/c1-3-9(2)17-7-6-10-8-11(19-14(15)16)4-5-12(10)13(17)18;;/h4-5,8-9,14H,3,6-7H2,1-2H3;1H4;1H. The number of hydrogen-bond donors (Lipinski definition) is 0. The molecule has 1 heterocycles. The van der Waals surface area contributed by atoms with Gasteiger partial charge in [0.05, 0.1) is 0 Å². The number of benzene rings is 1. The third-order valence-corrected chi connectivity index (χ3v) is 3.54. The van der Waals surface area contributed by atoms with E-state index in [4.69, 9.17) is 0 Å². The summed E-state index contributed by atoms with van der Waals surface area (Å²) in [6, 6.07) is 4.72. The van der Waals surface area contributed by atoms with Crippen LogP contribution in [0.15, 0.2) is 18.2 Å². The highest BCUT2D eigenvalue weighted by atomic mass is 19.3.